The second-order valence-corrected chi connectivity index (χ2v) is 8.68. The van der Waals surface area contributed by atoms with E-state index >= 15 is 0 Å². The second-order valence-electron chi connectivity index (χ2n) is 7.67. The summed E-state index contributed by atoms with van der Waals surface area (Å²) in [7, 11) is 0. The van der Waals surface area contributed by atoms with E-state index in [4.69, 9.17) is 19.2 Å². The van der Waals surface area contributed by atoms with Crippen molar-refractivity contribution in [2.45, 2.75) is 31.8 Å². The maximum Gasteiger partial charge on any atom is 0.236 e. The molecule has 0 saturated carbocycles. The molecule has 0 aliphatic carbocycles. The van der Waals surface area contributed by atoms with E-state index in [1.165, 1.54) is 0 Å². The molecule has 2 unspecified atom stereocenters. The number of ether oxygens (including phenoxy) is 3. The normalized spacial score (nSPS) is 19.0. The maximum absolute atomic E-state index is 13.6. The number of amides is 1. The lowest BCUT2D eigenvalue weighted by Gasteiger charge is -2.27. The lowest BCUT2D eigenvalue weighted by molar-refractivity contribution is -0.120. The minimum absolute atomic E-state index is 0.0150. The van der Waals surface area contributed by atoms with Gasteiger partial charge in [0, 0.05) is 6.61 Å². The van der Waals surface area contributed by atoms with Crippen LogP contribution in [0.1, 0.15) is 31.2 Å². The number of hydrogen-bond donors (Lipinski definition) is 0. The molecule has 2 aliphatic rings. The summed E-state index contributed by atoms with van der Waals surface area (Å²) in [5.74, 6) is 1.10. The van der Waals surface area contributed by atoms with Gasteiger partial charge >= 0.3 is 0 Å². The Balaban J connectivity index is 1.45. The Morgan fingerprint density at radius 2 is 2.00 bits per heavy atom. The van der Waals surface area contributed by atoms with Crippen molar-refractivity contribution < 1.29 is 19.0 Å². The van der Waals surface area contributed by atoms with Gasteiger partial charge in [0.2, 0.25) is 5.91 Å². The van der Waals surface area contributed by atoms with Gasteiger partial charge in [-0.15, -0.1) is 0 Å². The first-order chi connectivity index (χ1) is 14.7. The van der Waals surface area contributed by atoms with E-state index in [1.807, 2.05) is 54.3 Å². The smallest absolute Gasteiger partial charge is 0.236 e. The number of aromatic nitrogens is 1. The Hall–Kier alpha value is -2.64. The molecule has 2 aromatic carbocycles. The molecule has 2 aliphatic heterocycles. The third-order valence-corrected chi connectivity index (χ3v) is 6.69. The fourth-order valence-electron chi connectivity index (χ4n) is 3.94. The van der Waals surface area contributed by atoms with Gasteiger partial charge in [0.15, 0.2) is 16.6 Å². The first-order valence-electron chi connectivity index (χ1n) is 10.4. The molecular weight excluding hydrogens is 400 g/mol. The van der Waals surface area contributed by atoms with Gasteiger partial charge in [0.05, 0.1) is 28.8 Å². The first kappa shape index (κ1) is 19.3. The third-order valence-electron chi connectivity index (χ3n) is 5.63. The molecule has 3 aromatic rings. The monoisotopic (exact) mass is 424 g/mol. The summed E-state index contributed by atoms with van der Waals surface area (Å²) in [5.41, 5.74) is 1.82. The van der Waals surface area contributed by atoms with Gasteiger partial charge in [-0.05, 0) is 49.6 Å². The Labute approximate surface area is 179 Å². The quantitative estimate of drug-likeness (QED) is 0.608. The summed E-state index contributed by atoms with van der Waals surface area (Å²) in [6.07, 6.45) is 2.05. The number of para-hydroxylation sites is 1. The third kappa shape index (κ3) is 3.75. The molecule has 2 atom stereocenters. The standard InChI is InChI=1S/C23H24N2O4S/c1-15(16-8-9-19-20(13-16)29-12-11-28-19)22(26)25(14-17-5-4-10-27-17)23-24-18-6-2-3-7-21(18)30-23/h2-3,6-9,13,15,17H,4-5,10-12,14H2,1H3. The molecule has 1 saturated heterocycles. The van der Waals surface area contributed by atoms with E-state index < -0.39 is 0 Å². The molecule has 5 rings (SSSR count). The molecule has 0 radical (unpaired) electrons. The Morgan fingerprint density at radius 3 is 2.80 bits per heavy atom. The van der Waals surface area contributed by atoms with Gasteiger partial charge in [-0.3, -0.25) is 9.69 Å². The van der Waals surface area contributed by atoms with Crippen LogP contribution in [0.2, 0.25) is 0 Å². The van der Waals surface area contributed by atoms with E-state index in [2.05, 4.69) is 0 Å². The van der Waals surface area contributed by atoms with E-state index in [-0.39, 0.29) is 17.9 Å². The zero-order valence-corrected chi connectivity index (χ0v) is 17.7. The summed E-state index contributed by atoms with van der Waals surface area (Å²) in [4.78, 5) is 20.2. The number of hydrogen-bond acceptors (Lipinski definition) is 6. The van der Waals surface area contributed by atoms with Crippen LogP contribution in [0.5, 0.6) is 11.5 Å². The van der Waals surface area contributed by atoms with E-state index in [1.54, 1.807) is 11.3 Å². The summed E-state index contributed by atoms with van der Waals surface area (Å²) in [6.45, 7) is 4.28. The molecule has 1 aromatic heterocycles. The molecule has 1 fully saturated rings. The number of anilines is 1. The van der Waals surface area contributed by atoms with Crippen molar-refractivity contribution in [2.24, 2.45) is 0 Å². The van der Waals surface area contributed by atoms with Crippen LogP contribution in [0.4, 0.5) is 5.13 Å². The number of fused-ring (bicyclic) bond motifs is 2. The molecular formula is C23H24N2O4S. The number of carbonyl (C=O) groups is 1. The lowest BCUT2D eigenvalue weighted by atomic mass is 9.99. The van der Waals surface area contributed by atoms with Crippen LogP contribution in [0.15, 0.2) is 42.5 Å². The van der Waals surface area contributed by atoms with Crippen molar-refractivity contribution in [3.8, 4) is 11.5 Å². The number of rotatable bonds is 5. The van der Waals surface area contributed by atoms with Gasteiger partial charge in [-0.2, -0.15) is 0 Å². The van der Waals surface area contributed by atoms with Crippen LogP contribution in [0.25, 0.3) is 10.2 Å². The fraction of sp³-hybridized carbons (Fsp3) is 0.391. The highest BCUT2D eigenvalue weighted by atomic mass is 32.1. The Morgan fingerprint density at radius 1 is 1.17 bits per heavy atom. The molecule has 0 bridgehead atoms. The number of carbonyl (C=O) groups excluding carboxylic acids is 1. The van der Waals surface area contributed by atoms with Gasteiger partial charge in [-0.25, -0.2) is 4.98 Å². The van der Waals surface area contributed by atoms with Crippen molar-refractivity contribution in [1.82, 2.24) is 4.98 Å². The molecule has 6 nitrogen and oxygen atoms in total. The average Bonchev–Trinajstić information content (AvgIpc) is 3.45. The summed E-state index contributed by atoms with van der Waals surface area (Å²) >= 11 is 1.55. The van der Waals surface area contributed by atoms with Gasteiger partial charge in [-0.1, -0.05) is 29.5 Å². The van der Waals surface area contributed by atoms with Crippen LogP contribution < -0.4 is 14.4 Å². The molecule has 3 heterocycles. The van der Waals surface area contributed by atoms with Gasteiger partial charge < -0.3 is 14.2 Å². The van der Waals surface area contributed by atoms with Crippen molar-refractivity contribution >= 4 is 32.6 Å². The van der Waals surface area contributed by atoms with Crippen molar-refractivity contribution in [3.63, 3.8) is 0 Å². The highest BCUT2D eigenvalue weighted by molar-refractivity contribution is 7.22. The summed E-state index contributed by atoms with van der Waals surface area (Å²) < 4.78 is 18.2. The van der Waals surface area contributed by atoms with Crippen LogP contribution in [0, 0.1) is 0 Å². The Kier molecular flexibility index (Phi) is 5.31. The second kappa shape index (κ2) is 8.24. The molecule has 0 N–H and O–H groups in total. The minimum Gasteiger partial charge on any atom is -0.486 e. The van der Waals surface area contributed by atoms with Crippen molar-refractivity contribution in [3.05, 3.63) is 48.0 Å². The van der Waals surface area contributed by atoms with Crippen molar-refractivity contribution in [2.75, 3.05) is 31.3 Å². The SMILES string of the molecule is CC(C(=O)N(CC1CCCO1)c1nc2ccccc2s1)c1ccc2c(c1)OCCO2. The van der Waals surface area contributed by atoms with Crippen LogP contribution in [0.3, 0.4) is 0 Å². The molecule has 156 valence electrons. The van der Waals surface area contributed by atoms with Gasteiger partial charge in [0.1, 0.15) is 13.2 Å². The summed E-state index contributed by atoms with van der Waals surface area (Å²) in [6, 6.07) is 13.7. The first-order valence-corrected chi connectivity index (χ1v) is 11.2. The topological polar surface area (TPSA) is 60.9 Å². The van der Waals surface area contributed by atoms with E-state index in [0.717, 1.165) is 46.1 Å². The highest BCUT2D eigenvalue weighted by Gasteiger charge is 2.30. The number of nitrogens with zero attached hydrogens (tertiary/aromatic N) is 2. The zero-order chi connectivity index (χ0) is 20.5. The predicted octanol–water partition coefficient (Wildman–Crippen LogP) is 4.38. The highest BCUT2D eigenvalue weighted by Crippen LogP contribution is 2.35. The van der Waals surface area contributed by atoms with Crippen LogP contribution >= 0.6 is 11.3 Å². The van der Waals surface area contributed by atoms with E-state index in [9.17, 15) is 4.79 Å². The average molecular weight is 425 g/mol. The maximum atomic E-state index is 13.6. The van der Waals surface area contributed by atoms with Crippen molar-refractivity contribution in [1.29, 1.82) is 0 Å². The van der Waals surface area contributed by atoms with Crippen LogP contribution in [-0.4, -0.2) is 43.4 Å². The lowest BCUT2D eigenvalue weighted by Crippen LogP contribution is -2.39. The van der Waals surface area contributed by atoms with Gasteiger partial charge in [0.25, 0.3) is 0 Å². The molecule has 7 heteroatoms. The zero-order valence-electron chi connectivity index (χ0n) is 16.9. The number of thiazole rings is 1. The largest absolute Gasteiger partial charge is 0.486 e. The minimum atomic E-state index is -0.339. The fourth-order valence-corrected chi connectivity index (χ4v) is 4.92. The molecule has 0 spiro atoms. The molecule has 30 heavy (non-hydrogen) atoms. The number of benzene rings is 2. The molecule has 1 amide bonds. The van der Waals surface area contributed by atoms with Crippen LogP contribution in [-0.2, 0) is 9.53 Å². The summed E-state index contributed by atoms with van der Waals surface area (Å²) in [5, 5.41) is 0.723. The van der Waals surface area contributed by atoms with E-state index in [0.29, 0.717) is 25.5 Å². The Bertz CT molecular complexity index is 1030. The predicted molar refractivity (Wildman–Crippen MR) is 117 cm³/mol.